The van der Waals surface area contributed by atoms with Gasteiger partial charge in [0, 0.05) is 5.56 Å². The van der Waals surface area contributed by atoms with Crippen LogP contribution in [0.1, 0.15) is 0 Å². The normalized spacial score (nSPS) is 10.0. The first-order valence-electron chi connectivity index (χ1n) is 3.81. The molecule has 1 aromatic heterocycles. The molecule has 0 atom stereocenters. The van der Waals surface area contributed by atoms with Crippen LogP contribution >= 0.6 is 11.5 Å². The van der Waals surface area contributed by atoms with Crippen molar-refractivity contribution in [3.05, 3.63) is 40.4 Å². The summed E-state index contributed by atoms with van der Waals surface area (Å²) in [6.45, 7) is 0. The predicted octanol–water partition coefficient (Wildman–Crippen LogP) is 2.11. The Balaban J connectivity index is 2.52. The van der Waals surface area contributed by atoms with Crippen LogP contribution in [-0.2, 0) is 0 Å². The highest BCUT2D eigenvalue weighted by molar-refractivity contribution is 7.09. The van der Waals surface area contributed by atoms with Crippen molar-refractivity contribution in [1.29, 1.82) is 0 Å². The van der Waals surface area contributed by atoms with E-state index in [2.05, 4.69) is 9.59 Å². The van der Waals surface area contributed by atoms with E-state index < -0.39 is 4.92 Å². The highest BCUT2D eigenvalue weighted by Crippen LogP contribution is 2.29. The maximum absolute atomic E-state index is 10.6. The van der Waals surface area contributed by atoms with E-state index in [4.69, 9.17) is 0 Å². The summed E-state index contributed by atoms with van der Waals surface area (Å²) in [6, 6.07) is 8.99. The number of nitrogens with zero attached hydrogens (tertiary/aromatic N) is 3. The molecule has 5 nitrogen and oxygen atoms in total. The first kappa shape index (κ1) is 8.76. The summed E-state index contributed by atoms with van der Waals surface area (Å²) in [6.07, 6.45) is 0. The Labute approximate surface area is 83.3 Å². The number of nitro groups is 1. The van der Waals surface area contributed by atoms with Crippen molar-refractivity contribution >= 4 is 16.5 Å². The van der Waals surface area contributed by atoms with Crippen LogP contribution in [0, 0.1) is 10.1 Å². The second kappa shape index (κ2) is 3.51. The molecule has 0 spiro atoms. The van der Waals surface area contributed by atoms with E-state index in [1.165, 1.54) is 0 Å². The highest BCUT2D eigenvalue weighted by atomic mass is 32.1. The van der Waals surface area contributed by atoms with Gasteiger partial charge >= 0.3 is 5.00 Å². The number of benzene rings is 1. The number of rotatable bonds is 2. The monoisotopic (exact) mass is 207 g/mol. The van der Waals surface area contributed by atoms with E-state index in [0.29, 0.717) is 11.3 Å². The SMILES string of the molecule is O=[N+]([O-])c1snnc1-c1ccccc1. The first-order chi connectivity index (χ1) is 6.79. The fourth-order valence-corrected chi connectivity index (χ4v) is 1.59. The molecule has 0 amide bonds. The van der Waals surface area contributed by atoms with Crippen LogP contribution in [0.2, 0.25) is 0 Å². The quantitative estimate of drug-likeness (QED) is 0.558. The molecule has 2 rings (SSSR count). The van der Waals surface area contributed by atoms with Crippen molar-refractivity contribution in [3.8, 4) is 11.3 Å². The summed E-state index contributed by atoms with van der Waals surface area (Å²) in [4.78, 5) is 10.1. The third-order valence-electron chi connectivity index (χ3n) is 1.68. The van der Waals surface area contributed by atoms with E-state index in [0.717, 1.165) is 11.5 Å². The fourth-order valence-electron chi connectivity index (χ4n) is 1.08. The third-order valence-corrected chi connectivity index (χ3v) is 2.36. The molecule has 0 saturated heterocycles. The van der Waals surface area contributed by atoms with Gasteiger partial charge in [0.1, 0.15) is 0 Å². The largest absolute Gasteiger partial charge is 0.371 e. The maximum atomic E-state index is 10.6. The lowest BCUT2D eigenvalue weighted by Gasteiger charge is -1.93. The molecule has 0 unspecified atom stereocenters. The van der Waals surface area contributed by atoms with Crippen molar-refractivity contribution in [2.45, 2.75) is 0 Å². The Morgan fingerprint density at radius 3 is 2.64 bits per heavy atom. The Hall–Kier alpha value is -1.82. The van der Waals surface area contributed by atoms with Crippen LogP contribution in [0.4, 0.5) is 5.00 Å². The van der Waals surface area contributed by atoms with Gasteiger partial charge in [0.05, 0.1) is 16.5 Å². The lowest BCUT2D eigenvalue weighted by atomic mass is 10.2. The lowest BCUT2D eigenvalue weighted by molar-refractivity contribution is -0.379. The van der Waals surface area contributed by atoms with Crippen molar-refractivity contribution in [1.82, 2.24) is 9.59 Å². The Bertz CT molecular complexity index is 455. The molecular weight excluding hydrogens is 202 g/mol. The Morgan fingerprint density at radius 1 is 1.29 bits per heavy atom. The zero-order chi connectivity index (χ0) is 9.97. The summed E-state index contributed by atoms with van der Waals surface area (Å²) in [7, 11) is 0. The average Bonchev–Trinajstić information content (AvgIpc) is 2.67. The molecule has 1 heterocycles. The topological polar surface area (TPSA) is 68.9 Å². The van der Waals surface area contributed by atoms with Crippen LogP contribution in [-0.4, -0.2) is 14.5 Å². The summed E-state index contributed by atoms with van der Waals surface area (Å²) in [5.41, 5.74) is 1.05. The molecular formula is C8H5N3O2S. The van der Waals surface area contributed by atoms with E-state index in [-0.39, 0.29) is 5.00 Å². The van der Waals surface area contributed by atoms with Crippen molar-refractivity contribution in [2.24, 2.45) is 0 Å². The molecule has 0 fully saturated rings. The van der Waals surface area contributed by atoms with Crippen LogP contribution in [0.3, 0.4) is 0 Å². The molecule has 0 aliphatic rings. The predicted molar refractivity (Wildman–Crippen MR) is 52.0 cm³/mol. The van der Waals surface area contributed by atoms with Crippen LogP contribution < -0.4 is 0 Å². The summed E-state index contributed by atoms with van der Waals surface area (Å²) >= 11 is 0.792. The number of hydrogen-bond donors (Lipinski definition) is 0. The van der Waals surface area contributed by atoms with Gasteiger partial charge in [-0.25, -0.2) is 0 Å². The van der Waals surface area contributed by atoms with Crippen molar-refractivity contribution < 1.29 is 4.92 Å². The second-order valence-electron chi connectivity index (χ2n) is 2.55. The third kappa shape index (κ3) is 1.47. The van der Waals surface area contributed by atoms with E-state index in [9.17, 15) is 10.1 Å². The molecule has 0 aliphatic carbocycles. The summed E-state index contributed by atoms with van der Waals surface area (Å²) < 4.78 is 3.57. The van der Waals surface area contributed by atoms with Gasteiger partial charge in [-0.2, -0.15) is 0 Å². The van der Waals surface area contributed by atoms with Crippen LogP contribution in [0.5, 0.6) is 0 Å². The van der Waals surface area contributed by atoms with Gasteiger partial charge in [0.25, 0.3) is 0 Å². The maximum Gasteiger partial charge on any atom is 0.371 e. The molecule has 0 radical (unpaired) electrons. The van der Waals surface area contributed by atoms with Gasteiger partial charge in [-0.15, -0.1) is 5.10 Å². The highest BCUT2D eigenvalue weighted by Gasteiger charge is 2.19. The molecule has 14 heavy (non-hydrogen) atoms. The second-order valence-corrected chi connectivity index (χ2v) is 3.28. The fraction of sp³-hybridized carbons (Fsp3) is 0. The molecule has 0 saturated carbocycles. The zero-order valence-electron chi connectivity index (χ0n) is 6.95. The molecule has 0 bridgehead atoms. The first-order valence-corrected chi connectivity index (χ1v) is 4.58. The lowest BCUT2D eigenvalue weighted by Crippen LogP contribution is -1.87. The number of aromatic nitrogens is 2. The minimum atomic E-state index is -0.465. The minimum Gasteiger partial charge on any atom is -0.257 e. The van der Waals surface area contributed by atoms with Crippen molar-refractivity contribution in [2.75, 3.05) is 0 Å². The molecule has 0 N–H and O–H groups in total. The van der Waals surface area contributed by atoms with Gasteiger partial charge in [0.2, 0.25) is 0 Å². The molecule has 6 heteroatoms. The smallest absolute Gasteiger partial charge is 0.257 e. The summed E-state index contributed by atoms with van der Waals surface area (Å²) in [5, 5.41) is 14.3. The summed E-state index contributed by atoms with van der Waals surface area (Å²) in [5.74, 6) is 0. The standard InChI is InChI=1S/C8H5N3O2S/c12-11(13)8-7(9-10-14-8)6-4-2-1-3-5-6/h1-5H. The molecule has 2 aromatic rings. The van der Waals surface area contributed by atoms with E-state index in [1.807, 2.05) is 6.07 Å². The van der Waals surface area contributed by atoms with Gasteiger partial charge in [0.15, 0.2) is 5.69 Å². The van der Waals surface area contributed by atoms with Crippen molar-refractivity contribution in [3.63, 3.8) is 0 Å². The minimum absolute atomic E-state index is 0.0174. The average molecular weight is 207 g/mol. The molecule has 1 aromatic carbocycles. The van der Waals surface area contributed by atoms with Gasteiger partial charge in [-0.05, 0) is 0 Å². The Kier molecular flexibility index (Phi) is 2.19. The van der Waals surface area contributed by atoms with Gasteiger partial charge < -0.3 is 0 Å². The van der Waals surface area contributed by atoms with Crippen LogP contribution in [0.25, 0.3) is 11.3 Å². The Morgan fingerprint density at radius 2 is 2.00 bits per heavy atom. The van der Waals surface area contributed by atoms with Gasteiger partial charge in [-0.1, -0.05) is 34.8 Å². The van der Waals surface area contributed by atoms with Gasteiger partial charge in [-0.3, -0.25) is 10.1 Å². The van der Waals surface area contributed by atoms with E-state index >= 15 is 0 Å². The van der Waals surface area contributed by atoms with Crippen LogP contribution in [0.15, 0.2) is 30.3 Å². The molecule has 0 aliphatic heterocycles. The number of hydrogen-bond acceptors (Lipinski definition) is 5. The zero-order valence-corrected chi connectivity index (χ0v) is 7.77. The molecule has 70 valence electrons. The van der Waals surface area contributed by atoms with E-state index in [1.54, 1.807) is 24.3 Å².